The zero-order valence-electron chi connectivity index (χ0n) is 30.2. The Morgan fingerprint density at radius 3 is 1.94 bits per heavy atom. The van der Waals surface area contributed by atoms with Crippen LogP contribution in [0.5, 0.6) is 0 Å². The molecule has 12 heteroatoms. The van der Waals surface area contributed by atoms with Gasteiger partial charge in [-0.25, -0.2) is 9.59 Å². The molecule has 5 amide bonds. The molecule has 6 atom stereocenters. The number of rotatable bonds is 12. The maximum absolute atomic E-state index is 14.3. The van der Waals surface area contributed by atoms with Crippen molar-refractivity contribution in [3.8, 4) is 0 Å². The van der Waals surface area contributed by atoms with Gasteiger partial charge in [0.1, 0.15) is 23.7 Å². The van der Waals surface area contributed by atoms with Crippen molar-refractivity contribution in [3.63, 3.8) is 0 Å². The molecule has 0 aromatic rings. The number of ether oxygens (including phenoxy) is 1. The molecule has 264 valence electrons. The Morgan fingerprint density at radius 2 is 1.45 bits per heavy atom. The number of urea groups is 1. The van der Waals surface area contributed by atoms with Crippen molar-refractivity contribution in [2.75, 3.05) is 13.1 Å². The third-order valence-electron chi connectivity index (χ3n) is 9.46. The van der Waals surface area contributed by atoms with E-state index in [1.807, 2.05) is 20.8 Å². The summed E-state index contributed by atoms with van der Waals surface area (Å²) in [6.07, 6.45) is 3.66. The topological polar surface area (TPSA) is 163 Å². The number of hydrogen-bond acceptors (Lipinski definition) is 7. The van der Waals surface area contributed by atoms with Crippen molar-refractivity contribution >= 4 is 35.5 Å². The molecule has 1 saturated heterocycles. The zero-order chi connectivity index (χ0) is 35.9. The number of amides is 5. The fourth-order valence-electron chi connectivity index (χ4n) is 6.51. The van der Waals surface area contributed by atoms with E-state index in [1.165, 1.54) is 11.0 Å². The van der Waals surface area contributed by atoms with Crippen LogP contribution < -0.4 is 21.3 Å². The van der Waals surface area contributed by atoms with Gasteiger partial charge < -0.3 is 30.9 Å². The van der Waals surface area contributed by atoms with E-state index in [0.29, 0.717) is 13.0 Å². The van der Waals surface area contributed by atoms with E-state index in [9.17, 15) is 28.8 Å². The molecule has 0 aromatic carbocycles. The number of nitrogens with zero attached hydrogens (tertiary/aromatic N) is 1. The molecule has 0 bridgehead atoms. The van der Waals surface area contributed by atoms with Crippen LogP contribution in [0, 0.1) is 34.0 Å². The molecule has 0 aromatic heterocycles. The summed E-state index contributed by atoms with van der Waals surface area (Å²) in [5, 5.41) is 10.9. The fourth-order valence-corrected chi connectivity index (χ4v) is 6.51. The van der Waals surface area contributed by atoms with Gasteiger partial charge in [-0.05, 0) is 61.2 Å². The van der Waals surface area contributed by atoms with Crippen molar-refractivity contribution in [2.24, 2.45) is 34.0 Å². The van der Waals surface area contributed by atoms with Gasteiger partial charge in [-0.15, -0.1) is 6.58 Å². The molecule has 12 nitrogen and oxygen atoms in total. The van der Waals surface area contributed by atoms with Crippen LogP contribution in [0.2, 0.25) is 0 Å². The lowest BCUT2D eigenvalue weighted by Gasteiger charge is -2.38. The Morgan fingerprint density at radius 1 is 0.894 bits per heavy atom. The van der Waals surface area contributed by atoms with E-state index >= 15 is 0 Å². The summed E-state index contributed by atoms with van der Waals surface area (Å²) in [6.45, 7) is 24.2. The molecule has 47 heavy (non-hydrogen) atoms. The third-order valence-corrected chi connectivity index (χ3v) is 9.46. The van der Waals surface area contributed by atoms with Crippen LogP contribution in [-0.2, 0) is 28.7 Å². The van der Waals surface area contributed by atoms with E-state index in [4.69, 9.17) is 4.74 Å². The second-order valence-electron chi connectivity index (χ2n) is 17.2. The molecule has 3 fully saturated rings. The number of piperidine rings is 1. The number of Topliss-reactive ketones (excluding diaryl/α,β-unsaturated/α-hetero) is 1. The van der Waals surface area contributed by atoms with Crippen LogP contribution in [-0.4, -0.2) is 83.3 Å². The molecule has 1 aliphatic heterocycles. The third kappa shape index (κ3) is 9.34. The zero-order valence-corrected chi connectivity index (χ0v) is 30.2. The number of likely N-dealkylation sites (tertiary alicyclic amines) is 1. The standard InChI is InChI=1S/C35H57N5O7/c1-13-16-36-28(43)24(41)21(17-19-14-15-19)37-27(42)23-22-20(35(22,11)12)18-40(23)29(44)25(32(2,3)4)38-31(46)39-26(33(5,6)7)30(45)47-34(8,9)10/h13,19-23,25-26H,1,14-18H2,2-12H3,(H,36,43)(H,37,42)(H2,38,39,46)/t20-,21?,22-,23-,25+,26+/m0/s1. The molecule has 3 rings (SSSR count). The number of carbonyl (C=O) groups excluding carboxylic acids is 6. The van der Waals surface area contributed by atoms with E-state index in [0.717, 1.165) is 12.8 Å². The van der Waals surface area contributed by atoms with E-state index in [1.54, 1.807) is 41.5 Å². The van der Waals surface area contributed by atoms with Gasteiger partial charge in [-0.3, -0.25) is 19.2 Å². The number of hydrogen-bond donors (Lipinski definition) is 4. The quantitative estimate of drug-likeness (QED) is 0.142. The monoisotopic (exact) mass is 659 g/mol. The molecule has 0 radical (unpaired) electrons. The highest BCUT2D eigenvalue weighted by Crippen LogP contribution is 2.65. The van der Waals surface area contributed by atoms with Crippen LogP contribution in [0.25, 0.3) is 0 Å². The maximum Gasteiger partial charge on any atom is 0.329 e. The molecule has 3 aliphatic rings. The largest absolute Gasteiger partial charge is 0.458 e. The van der Waals surface area contributed by atoms with Crippen molar-refractivity contribution in [1.82, 2.24) is 26.2 Å². The average molecular weight is 660 g/mol. The first-order chi connectivity index (χ1) is 21.4. The molecule has 4 N–H and O–H groups in total. The second kappa shape index (κ2) is 13.6. The fraction of sp³-hybridized carbons (Fsp3) is 0.771. The van der Waals surface area contributed by atoms with Crippen molar-refractivity contribution in [2.45, 2.75) is 125 Å². The predicted molar refractivity (Wildman–Crippen MR) is 178 cm³/mol. The molecular formula is C35H57N5O7. The molecule has 1 unspecified atom stereocenters. The highest BCUT2D eigenvalue weighted by atomic mass is 16.6. The first kappa shape index (κ1) is 38.0. The lowest BCUT2D eigenvalue weighted by atomic mass is 9.85. The minimum Gasteiger partial charge on any atom is -0.458 e. The second-order valence-corrected chi connectivity index (χ2v) is 17.2. The van der Waals surface area contributed by atoms with E-state index in [2.05, 4.69) is 41.7 Å². The first-order valence-corrected chi connectivity index (χ1v) is 16.7. The minimum absolute atomic E-state index is 0.0579. The number of carbonyl (C=O) groups is 6. The van der Waals surface area contributed by atoms with Crippen LogP contribution >= 0.6 is 0 Å². The van der Waals surface area contributed by atoms with Crippen LogP contribution in [0.15, 0.2) is 12.7 Å². The molecule has 1 heterocycles. The Bertz CT molecular complexity index is 1270. The predicted octanol–water partition coefficient (Wildman–Crippen LogP) is 3.10. The van der Waals surface area contributed by atoms with Gasteiger partial charge in [0.15, 0.2) is 0 Å². The lowest BCUT2D eigenvalue weighted by molar-refractivity contribution is -0.160. The Hall–Kier alpha value is -3.44. The van der Waals surface area contributed by atoms with E-state index in [-0.39, 0.29) is 29.7 Å². The Labute approximate surface area is 279 Å². The minimum atomic E-state index is -1.05. The molecule has 2 aliphatic carbocycles. The normalized spacial score (nSPS) is 23.7. The van der Waals surface area contributed by atoms with Crippen molar-refractivity contribution < 1.29 is 33.5 Å². The summed E-state index contributed by atoms with van der Waals surface area (Å²) in [4.78, 5) is 82.0. The highest BCUT2D eigenvalue weighted by molar-refractivity contribution is 6.38. The average Bonchev–Trinajstić information content (AvgIpc) is 3.77. The van der Waals surface area contributed by atoms with Gasteiger partial charge in [0.05, 0.1) is 6.04 Å². The van der Waals surface area contributed by atoms with Crippen molar-refractivity contribution in [1.29, 1.82) is 0 Å². The lowest BCUT2D eigenvalue weighted by Crippen LogP contribution is -2.63. The van der Waals surface area contributed by atoms with Gasteiger partial charge in [-0.1, -0.05) is 74.3 Å². The number of esters is 1. The molecule has 2 saturated carbocycles. The van der Waals surface area contributed by atoms with Crippen LogP contribution in [0.1, 0.15) is 95.4 Å². The summed E-state index contributed by atoms with van der Waals surface area (Å²) < 4.78 is 5.56. The van der Waals surface area contributed by atoms with Gasteiger partial charge in [0.25, 0.3) is 5.91 Å². The summed E-state index contributed by atoms with van der Waals surface area (Å²) in [5.41, 5.74) is -2.43. The SMILES string of the molecule is C=CCNC(=O)C(=O)C(CC1CC1)NC(=O)[C@@H]1[C@@H]2[C@H](CN1C(=O)[C@@H](NC(=O)N[C@H](C(=O)OC(C)(C)C)C(C)(C)C)C(C)(C)C)C2(C)C. The smallest absolute Gasteiger partial charge is 0.329 e. The maximum atomic E-state index is 14.3. The van der Waals surface area contributed by atoms with Gasteiger partial charge in [0, 0.05) is 13.1 Å². The summed E-state index contributed by atoms with van der Waals surface area (Å²) in [7, 11) is 0. The first-order valence-electron chi connectivity index (χ1n) is 16.7. The Balaban J connectivity index is 1.84. The summed E-state index contributed by atoms with van der Waals surface area (Å²) >= 11 is 0. The van der Waals surface area contributed by atoms with Gasteiger partial charge in [-0.2, -0.15) is 0 Å². The van der Waals surface area contributed by atoms with Gasteiger partial charge in [0.2, 0.25) is 17.6 Å². The van der Waals surface area contributed by atoms with Crippen LogP contribution in [0.4, 0.5) is 4.79 Å². The molecule has 0 spiro atoms. The Kier molecular flexibility index (Phi) is 11.0. The number of fused-ring (bicyclic) bond motifs is 1. The highest BCUT2D eigenvalue weighted by Gasteiger charge is 2.70. The van der Waals surface area contributed by atoms with Crippen LogP contribution in [0.3, 0.4) is 0 Å². The molecular weight excluding hydrogens is 602 g/mol. The summed E-state index contributed by atoms with van der Waals surface area (Å²) in [5.74, 6) is -2.87. The van der Waals surface area contributed by atoms with Crippen molar-refractivity contribution in [3.05, 3.63) is 12.7 Å². The van der Waals surface area contributed by atoms with E-state index < -0.39 is 76.1 Å². The summed E-state index contributed by atoms with van der Waals surface area (Å²) in [6, 6.07) is -4.66. The number of ketones is 1. The van der Waals surface area contributed by atoms with Gasteiger partial charge >= 0.3 is 12.0 Å². The number of nitrogens with one attached hydrogen (secondary N) is 4.